The van der Waals surface area contributed by atoms with E-state index in [0.717, 1.165) is 27.7 Å². The fourth-order valence-corrected chi connectivity index (χ4v) is 7.42. The van der Waals surface area contributed by atoms with Crippen molar-refractivity contribution in [2.75, 3.05) is 5.88 Å². The second kappa shape index (κ2) is 11.1. The van der Waals surface area contributed by atoms with Gasteiger partial charge in [0, 0.05) is 45.9 Å². The Bertz CT molecular complexity index is 1200. The molecular formula is C28H37ClO13. The maximum absolute atomic E-state index is 13.0. The molecular weight excluding hydrogens is 580 g/mol. The van der Waals surface area contributed by atoms with Gasteiger partial charge in [0.25, 0.3) is 0 Å². The number of hydrogen-bond acceptors (Lipinski definition) is 13. The number of carbonyl (C=O) groups is 5. The monoisotopic (exact) mass is 616 g/mol. The van der Waals surface area contributed by atoms with E-state index >= 15 is 0 Å². The van der Waals surface area contributed by atoms with E-state index in [1.165, 1.54) is 19.9 Å². The molecule has 1 saturated carbocycles. The predicted octanol–water partition coefficient (Wildman–Crippen LogP) is 0.729. The normalized spacial score (nSPS) is 44.2. The van der Waals surface area contributed by atoms with Gasteiger partial charge in [-0.1, -0.05) is 6.92 Å². The van der Waals surface area contributed by atoms with Crippen molar-refractivity contribution in [3.8, 4) is 0 Å². The van der Waals surface area contributed by atoms with E-state index in [0.29, 0.717) is 5.57 Å². The summed E-state index contributed by atoms with van der Waals surface area (Å²) in [6.07, 6.45) is -7.59. The molecule has 2 saturated heterocycles. The van der Waals surface area contributed by atoms with Crippen molar-refractivity contribution in [3.05, 3.63) is 11.6 Å². The zero-order chi connectivity index (χ0) is 31.5. The minimum Gasteiger partial charge on any atom is -0.462 e. The first-order chi connectivity index (χ1) is 19.4. The number of aliphatic hydroxyl groups is 2. The van der Waals surface area contributed by atoms with Crippen LogP contribution in [0.1, 0.15) is 54.9 Å². The topological polar surface area (TPSA) is 184 Å². The van der Waals surface area contributed by atoms with Gasteiger partial charge in [0.1, 0.15) is 42.2 Å². The minimum absolute atomic E-state index is 0.121. The van der Waals surface area contributed by atoms with Gasteiger partial charge in [-0.05, 0) is 25.5 Å². The molecule has 0 aromatic heterocycles. The molecule has 2 aliphatic carbocycles. The molecule has 12 atom stereocenters. The van der Waals surface area contributed by atoms with E-state index in [1.54, 1.807) is 6.92 Å². The summed E-state index contributed by atoms with van der Waals surface area (Å²) in [5.74, 6) is -6.92. The molecule has 2 N–H and O–H groups in total. The Hall–Kier alpha value is -2.74. The van der Waals surface area contributed by atoms with Crippen molar-refractivity contribution in [2.24, 2.45) is 17.3 Å². The molecule has 2 heterocycles. The van der Waals surface area contributed by atoms with Gasteiger partial charge in [0.05, 0.1) is 11.3 Å². The fourth-order valence-electron chi connectivity index (χ4n) is 7.18. The quantitative estimate of drug-likeness (QED) is 0.145. The van der Waals surface area contributed by atoms with Crippen LogP contribution in [0.3, 0.4) is 0 Å². The van der Waals surface area contributed by atoms with Crippen LogP contribution in [0, 0.1) is 17.3 Å². The van der Waals surface area contributed by atoms with E-state index < -0.39 is 101 Å². The van der Waals surface area contributed by atoms with Gasteiger partial charge in [0.2, 0.25) is 0 Å². The van der Waals surface area contributed by atoms with Crippen LogP contribution in [0.4, 0.5) is 0 Å². The number of alkyl halides is 1. The summed E-state index contributed by atoms with van der Waals surface area (Å²) in [7, 11) is 0. The molecule has 13 nitrogen and oxygen atoms in total. The molecule has 42 heavy (non-hydrogen) atoms. The number of hydrogen-bond donors (Lipinski definition) is 2. The van der Waals surface area contributed by atoms with Crippen LogP contribution in [0.2, 0.25) is 0 Å². The molecule has 0 radical (unpaired) electrons. The van der Waals surface area contributed by atoms with Gasteiger partial charge in [-0.15, -0.1) is 11.6 Å². The van der Waals surface area contributed by atoms with Crippen LogP contribution in [0.15, 0.2) is 11.6 Å². The lowest BCUT2D eigenvalue weighted by atomic mass is 9.51. The van der Waals surface area contributed by atoms with Crippen LogP contribution >= 0.6 is 11.6 Å². The smallest absolute Gasteiger partial charge is 0.312 e. The summed E-state index contributed by atoms with van der Waals surface area (Å²) in [6.45, 7) is 8.74. The fraction of sp³-hybridized carbons (Fsp3) is 0.750. The third-order valence-corrected chi connectivity index (χ3v) is 9.41. The highest BCUT2D eigenvalue weighted by molar-refractivity contribution is 6.19. The number of ether oxygens (including phenoxy) is 6. The third kappa shape index (κ3) is 5.18. The van der Waals surface area contributed by atoms with Gasteiger partial charge in [-0.25, -0.2) is 0 Å². The Balaban J connectivity index is 2.11. The van der Waals surface area contributed by atoms with Gasteiger partial charge in [-0.2, -0.15) is 0 Å². The van der Waals surface area contributed by atoms with Crippen molar-refractivity contribution >= 4 is 41.4 Å². The van der Waals surface area contributed by atoms with E-state index in [2.05, 4.69) is 0 Å². The molecule has 0 spiro atoms. The summed E-state index contributed by atoms with van der Waals surface area (Å²) in [6, 6.07) is 0. The summed E-state index contributed by atoms with van der Waals surface area (Å²) in [4.78, 5) is 62.9. The maximum Gasteiger partial charge on any atom is 0.312 e. The van der Waals surface area contributed by atoms with Crippen LogP contribution in [0.5, 0.6) is 0 Å². The molecule has 0 bridgehead atoms. The average Bonchev–Trinajstić information content (AvgIpc) is 3.61. The Morgan fingerprint density at radius 1 is 0.929 bits per heavy atom. The lowest BCUT2D eigenvalue weighted by Crippen LogP contribution is -2.74. The molecule has 2 aliphatic heterocycles. The third-order valence-electron chi connectivity index (χ3n) is 9.10. The number of rotatable bonds is 5. The maximum atomic E-state index is 13.0. The SMILES string of the molecule is CC(=O)O[C@H]1C[C@@H](OC(C)=O)[C@@](C)(O)[C@@H]2[C@@H](OC(C)=O)[C@@]3(O)[C@H](C=C(CCl)[C@H]4O[C@H]4[C@@H](OC(C)=O)[C@]12C)OC(=O)[C@@H]3C. The molecule has 0 aromatic carbocycles. The first-order valence-corrected chi connectivity index (χ1v) is 14.2. The Morgan fingerprint density at radius 3 is 1.98 bits per heavy atom. The number of fused-ring (bicyclic) bond motifs is 3. The summed E-state index contributed by atoms with van der Waals surface area (Å²) >= 11 is 6.27. The Morgan fingerprint density at radius 2 is 1.45 bits per heavy atom. The second-order valence-electron chi connectivity index (χ2n) is 11.9. The van der Waals surface area contributed by atoms with Gasteiger partial charge in [-0.3, -0.25) is 24.0 Å². The molecule has 4 rings (SSSR count). The highest BCUT2D eigenvalue weighted by Gasteiger charge is 2.75. The van der Waals surface area contributed by atoms with Crippen molar-refractivity contribution < 1.29 is 62.6 Å². The molecule has 234 valence electrons. The summed E-state index contributed by atoms with van der Waals surface area (Å²) in [5, 5.41) is 24.8. The van der Waals surface area contributed by atoms with Crippen LogP contribution in [-0.2, 0) is 52.4 Å². The molecule has 4 aliphatic rings. The zero-order valence-corrected chi connectivity index (χ0v) is 25.2. The van der Waals surface area contributed by atoms with Crippen molar-refractivity contribution in [1.82, 2.24) is 0 Å². The van der Waals surface area contributed by atoms with Crippen molar-refractivity contribution in [3.63, 3.8) is 0 Å². The molecule has 3 fully saturated rings. The predicted molar refractivity (Wildman–Crippen MR) is 141 cm³/mol. The van der Waals surface area contributed by atoms with Crippen LogP contribution in [-0.4, -0.2) is 99.9 Å². The Kier molecular flexibility index (Phi) is 8.48. The van der Waals surface area contributed by atoms with Crippen LogP contribution in [0.25, 0.3) is 0 Å². The number of halogens is 1. The highest BCUT2D eigenvalue weighted by Crippen LogP contribution is 2.60. The zero-order valence-electron chi connectivity index (χ0n) is 24.5. The van der Waals surface area contributed by atoms with Crippen LogP contribution < -0.4 is 0 Å². The van der Waals surface area contributed by atoms with E-state index in [1.807, 2.05) is 0 Å². The first kappa shape index (κ1) is 32.2. The van der Waals surface area contributed by atoms with E-state index in [9.17, 15) is 34.2 Å². The lowest BCUT2D eigenvalue weighted by Gasteiger charge is -2.60. The number of carbonyl (C=O) groups excluding carboxylic acids is 5. The first-order valence-electron chi connectivity index (χ1n) is 13.7. The summed E-state index contributed by atoms with van der Waals surface area (Å²) in [5.41, 5.74) is -5.78. The van der Waals surface area contributed by atoms with Gasteiger partial charge < -0.3 is 38.6 Å². The molecule has 14 heteroatoms. The van der Waals surface area contributed by atoms with E-state index in [4.69, 9.17) is 40.0 Å². The molecule has 0 amide bonds. The lowest BCUT2D eigenvalue weighted by molar-refractivity contribution is -0.291. The van der Waals surface area contributed by atoms with E-state index in [-0.39, 0.29) is 12.3 Å². The van der Waals surface area contributed by atoms with Crippen molar-refractivity contribution in [2.45, 2.75) is 109 Å². The standard InChI is InChI=1S/C28H37ClO13/c1-11-25(34)41-19-8-16(10-29)20-21(42-20)23(39-14(4)32)26(6)17(37-12(2)30)9-18(38-13(3)31)27(7,35)22(26)24(28(11,19)36)40-15(5)33/h8,11,17-24,35-36H,9-10H2,1-7H3/t11-,17-,18+,19-,20+,21+,22+,23+,24+,26+,27+,28-/m0/s1. The summed E-state index contributed by atoms with van der Waals surface area (Å²) < 4.78 is 34.5. The average molecular weight is 617 g/mol. The Labute approximate surface area is 247 Å². The second-order valence-corrected chi connectivity index (χ2v) is 12.2. The minimum atomic E-state index is -2.34. The van der Waals surface area contributed by atoms with Gasteiger partial charge in [0.15, 0.2) is 11.7 Å². The molecule has 0 unspecified atom stereocenters. The molecule has 0 aromatic rings. The highest BCUT2D eigenvalue weighted by atomic mass is 35.5. The number of esters is 5. The number of epoxide rings is 1. The largest absolute Gasteiger partial charge is 0.462 e. The van der Waals surface area contributed by atoms with Gasteiger partial charge >= 0.3 is 29.8 Å². The van der Waals surface area contributed by atoms with Crippen molar-refractivity contribution in [1.29, 1.82) is 0 Å².